The van der Waals surface area contributed by atoms with Crippen LogP contribution in [0.25, 0.3) is 28.0 Å². The maximum Gasteiger partial charge on any atom is 0.416 e. The summed E-state index contributed by atoms with van der Waals surface area (Å²) in [6, 6.07) is 5.21. The van der Waals surface area contributed by atoms with Gasteiger partial charge >= 0.3 is 6.18 Å². The molecule has 124 valence electrons. The fraction of sp³-hybridized carbons (Fsp3) is 0.235. The van der Waals surface area contributed by atoms with Gasteiger partial charge in [0.1, 0.15) is 16.3 Å². The molecule has 2 aromatic heterocycles. The number of furan rings is 1. The van der Waals surface area contributed by atoms with Crippen molar-refractivity contribution in [3.63, 3.8) is 0 Å². The number of rotatable bonds is 2. The highest BCUT2D eigenvalue weighted by Crippen LogP contribution is 2.35. The maximum absolute atomic E-state index is 12.8. The van der Waals surface area contributed by atoms with E-state index in [1.54, 1.807) is 6.07 Å². The SMILES string of the molecule is FC(F)(F)c1ccc2cc(-c3csc(C4=CCOCC4)n3)oc2c1. The minimum atomic E-state index is -4.38. The number of benzene rings is 1. The number of ether oxygens (including phenoxy) is 1. The van der Waals surface area contributed by atoms with Gasteiger partial charge in [-0.05, 0) is 30.2 Å². The highest BCUT2D eigenvalue weighted by molar-refractivity contribution is 7.11. The molecule has 0 spiro atoms. The summed E-state index contributed by atoms with van der Waals surface area (Å²) in [4.78, 5) is 4.55. The zero-order valence-electron chi connectivity index (χ0n) is 12.4. The molecule has 7 heteroatoms. The Labute approximate surface area is 139 Å². The highest BCUT2D eigenvalue weighted by atomic mass is 32.1. The van der Waals surface area contributed by atoms with Crippen molar-refractivity contribution in [1.82, 2.24) is 4.98 Å². The second-order valence-electron chi connectivity index (χ2n) is 5.45. The van der Waals surface area contributed by atoms with Crippen molar-refractivity contribution < 1.29 is 22.3 Å². The van der Waals surface area contributed by atoms with Crippen LogP contribution >= 0.6 is 11.3 Å². The van der Waals surface area contributed by atoms with Crippen LogP contribution in [-0.2, 0) is 10.9 Å². The lowest BCUT2D eigenvalue weighted by Gasteiger charge is -2.10. The molecule has 4 rings (SSSR count). The van der Waals surface area contributed by atoms with Gasteiger partial charge in [-0.3, -0.25) is 0 Å². The van der Waals surface area contributed by atoms with Crippen LogP contribution in [0.5, 0.6) is 0 Å². The second-order valence-corrected chi connectivity index (χ2v) is 6.31. The first-order valence-corrected chi connectivity index (χ1v) is 8.22. The lowest BCUT2D eigenvalue weighted by molar-refractivity contribution is -0.137. The largest absolute Gasteiger partial charge is 0.454 e. The van der Waals surface area contributed by atoms with Crippen molar-refractivity contribution in [2.24, 2.45) is 0 Å². The van der Waals surface area contributed by atoms with Crippen molar-refractivity contribution in [2.45, 2.75) is 12.6 Å². The van der Waals surface area contributed by atoms with E-state index in [1.165, 1.54) is 17.4 Å². The summed E-state index contributed by atoms with van der Waals surface area (Å²) < 4.78 is 49.2. The molecule has 3 aromatic rings. The molecule has 0 bridgehead atoms. The molecule has 0 fully saturated rings. The van der Waals surface area contributed by atoms with Gasteiger partial charge in [0, 0.05) is 10.8 Å². The Morgan fingerprint density at radius 3 is 2.79 bits per heavy atom. The molecule has 0 unspecified atom stereocenters. The first-order valence-electron chi connectivity index (χ1n) is 7.34. The maximum atomic E-state index is 12.8. The minimum Gasteiger partial charge on any atom is -0.454 e. The summed E-state index contributed by atoms with van der Waals surface area (Å²) in [6.07, 6.45) is -1.58. The molecule has 0 atom stereocenters. The summed E-state index contributed by atoms with van der Waals surface area (Å²) in [5.41, 5.74) is 1.25. The fourth-order valence-corrected chi connectivity index (χ4v) is 3.47. The predicted octanol–water partition coefficient (Wildman–Crippen LogP) is 5.38. The van der Waals surface area contributed by atoms with Crippen LogP contribution in [0.1, 0.15) is 17.0 Å². The summed E-state index contributed by atoms with van der Waals surface area (Å²) in [7, 11) is 0. The number of nitrogens with zero attached hydrogens (tertiary/aromatic N) is 1. The molecular weight excluding hydrogens is 339 g/mol. The van der Waals surface area contributed by atoms with Crippen molar-refractivity contribution in [3.8, 4) is 11.5 Å². The Morgan fingerprint density at radius 1 is 1.17 bits per heavy atom. The molecule has 3 heterocycles. The van der Waals surface area contributed by atoms with Gasteiger partial charge in [-0.15, -0.1) is 11.3 Å². The van der Waals surface area contributed by atoms with Crippen LogP contribution < -0.4 is 0 Å². The molecular formula is C17H12F3NO2S. The number of fused-ring (bicyclic) bond motifs is 1. The van der Waals surface area contributed by atoms with Crippen LogP contribution in [0.15, 0.2) is 40.1 Å². The molecule has 0 N–H and O–H groups in total. The van der Waals surface area contributed by atoms with E-state index >= 15 is 0 Å². The van der Waals surface area contributed by atoms with Gasteiger partial charge in [0.2, 0.25) is 0 Å². The molecule has 1 aromatic carbocycles. The van der Waals surface area contributed by atoms with Crippen molar-refractivity contribution >= 4 is 27.9 Å². The summed E-state index contributed by atoms with van der Waals surface area (Å²) in [6.45, 7) is 1.25. The van der Waals surface area contributed by atoms with E-state index < -0.39 is 11.7 Å². The Kier molecular flexibility index (Phi) is 3.69. The average molecular weight is 351 g/mol. The molecule has 0 amide bonds. The van der Waals surface area contributed by atoms with E-state index in [2.05, 4.69) is 4.98 Å². The van der Waals surface area contributed by atoms with E-state index in [0.717, 1.165) is 29.1 Å². The third-order valence-corrected chi connectivity index (χ3v) is 4.76. The van der Waals surface area contributed by atoms with Crippen LogP contribution in [-0.4, -0.2) is 18.2 Å². The van der Waals surface area contributed by atoms with Crippen LogP contribution in [0, 0.1) is 0 Å². The highest BCUT2D eigenvalue weighted by Gasteiger charge is 2.31. The summed E-state index contributed by atoms with van der Waals surface area (Å²) in [5, 5.41) is 3.37. The quantitative estimate of drug-likeness (QED) is 0.622. The zero-order valence-corrected chi connectivity index (χ0v) is 13.2. The molecule has 0 saturated heterocycles. The van der Waals surface area contributed by atoms with Gasteiger partial charge in [-0.25, -0.2) is 4.98 Å². The Morgan fingerprint density at radius 2 is 2.04 bits per heavy atom. The average Bonchev–Trinajstić information content (AvgIpc) is 3.21. The number of hydrogen-bond donors (Lipinski definition) is 0. The van der Waals surface area contributed by atoms with E-state index in [-0.39, 0.29) is 5.58 Å². The second kappa shape index (κ2) is 5.75. The van der Waals surface area contributed by atoms with Crippen LogP contribution in [0.4, 0.5) is 13.2 Å². The Bertz CT molecular complexity index is 923. The first kappa shape index (κ1) is 15.4. The number of alkyl halides is 3. The number of aromatic nitrogens is 1. The number of thiazole rings is 1. The van der Waals surface area contributed by atoms with Gasteiger partial charge in [-0.1, -0.05) is 12.1 Å². The third-order valence-electron chi connectivity index (χ3n) is 3.84. The summed E-state index contributed by atoms with van der Waals surface area (Å²) >= 11 is 1.49. The third kappa shape index (κ3) is 2.85. The molecule has 0 aliphatic carbocycles. The van der Waals surface area contributed by atoms with Gasteiger partial charge in [0.15, 0.2) is 5.76 Å². The van der Waals surface area contributed by atoms with Crippen molar-refractivity contribution in [1.29, 1.82) is 0 Å². The van der Waals surface area contributed by atoms with Gasteiger partial charge in [0.25, 0.3) is 0 Å². The van der Waals surface area contributed by atoms with Gasteiger partial charge in [-0.2, -0.15) is 13.2 Å². The molecule has 0 saturated carbocycles. The zero-order chi connectivity index (χ0) is 16.7. The molecule has 0 radical (unpaired) electrons. The number of hydrogen-bond acceptors (Lipinski definition) is 4. The van der Waals surface area contributed by atoms with E-state index in [1.807, 2.05) is 11.5 Å². The lowest BCUT2D eigenvalue weighted by atomic mass is 10.1. The topological polar surface area (TPSA) is 35.3 Å². The van der Waals surface area contributed by atoms with Crippen molar-refractivity contribution in [3.05, 3.63) is 46.3 Å². The summed E-state index contributed by atoms with van der Waals surface area (Å²) in [5.74, 6) is 0.472. The normalized spacial score (nSPS) is 15.7. The lowest BCUT2D eigenvalue weighted by Crippen LogP contribution is -2.03. The van der Waals surface area contributed by atoms with Crippen LogP contribution in [0.3, 0.4) is 0 Å². The fourth-order valence-electron chi connectivity index (χ4n) is 2.59. The predicted molar refractivity (Wildman–Crippen MR) is 85.7 cm³/mol. The standard InChI is InChI=1S/C17H12F3NO2S/c18-17(19,20)12-2-1-11-7-15(23-14(11)8-12)13-9-24-16(21-13)10-3-5-22-6-4-10/h1-3,7-9H,4-6H2. The molecule has 1 aliphatic rings. The monoisotopic (exact) mass is 351 g/mol. The van der Waals surface area contributed by atoms with Gasteiger partial charge < -0.3 is 9.15 Å². The number of halogens is 3. The molecule has 24 heavy (non-hydrogen) atoms. The molecule has 3 nitrogen and oxygen atoms in total. The van der Waals surface area contributed by atoms with E-state index in [0.29, 0.717) is 30.1 Å². The first-order chi connectivity index (χ1) is 11.5. The molecule has 1 aliphatic heterocycles. The smallest absolute Gasteiger partial charge is 0.416 e. The van der Waals surface area contributed by atoms with E-state index in [9.17, 15) is 13.2 Å². The van der Waals surface area contributed by atoms with Crippen LogP contribution in [0.2, 0.25) is 0 Å². The minimum absolute atomic E-state index is 0.208. The van der Waals surface area contributed by atoms with Crippen molar-refractivity contribution in [2.75, 3.05) is 13.2 Å². The Hall–Kier alpha value is -2.12. The van der Waals surface area contributed by atoms with E-state index in [4.69, 9.17) is 9.15 Å². The van der Waals surface area contributed by atoms with Gasteiger partial charge in [0.05, 0.1) is 18.8 Å². The Balaban J connectivity index is 1.69.